The maximum absolute atomic E-state index is 13.0. The highest BCUT2D eigenvalue weighted by molar-refractivity contribution is 6.27. The van der Waals surface area contributed by atoms with Crippen LogP contribution in [0.4, 0.5) is 5.69 Å². The second kappa shape index (κ2) is 5.49. The van der Waals surface area contributed by atoms with Crippen LogP contribution in [0.25, 0.3) is 22.2 Å². The number of nitrogens with one attached hydrogen (secondary N) is 1. The summed E-state index contributed by atoms with van der Waals surface area (Å²) in [5, 5.41) is 7.94. The van der Waals surface area contributed by atoms with Crippen molar-refractivity contribution in [2.75, 3.05) is 18.5 Å². The van der Waals surface area contributed by atoms with E-state index in [1.165, 1.54) is 6.92 Å². The van der Waals surface area contributed by atoms with Crippen molar-refractivity contribution in [1.29, 1.82) is 0 Å². The number of anilines is 1. The van der Waals surface area contributed by atoms with Gasteiger partial charge >= 0.3 is 5.97 Å². The molecule has 0 amide bonds. The maximum Gasteiger partial charge on any atom is 0.302 e. The highest BCUT2D eigenvalue weighted by Crippen LogP contribution is 2.41. The second-order valence-corrected chi connectivity index (χ2v) is 5.54. The molecule has 0 unspecified atom stereocenters. The van der Waals surface area contributed by atoms with Crippen LogP contribution >= 0.6 is 0 Å². The van der Waals surface area contributed by atoms with E-state index in [1.807, 2.05) is 18.2 Å². The van der Waals surface area contributed by atoms with Crippen LogP contribution < -0.4 is 5.32 Å². The van der Waals surface area contributed by atoms with E-state index < -0.39 is 0 Å². The lowest BCUT2D eigenvalue weighted by molar-refractivity contribution is -0.140. The smallest absolute Gasteiger partial charge is 0.302 e. The molecule has 0 aliphatic heterocycles. The third kappa shape index (κ3) is 2.15. The number of carbonyl (C=O) groups excluding carboxylic acids is 2. The fourth-order valence-electron chi connectivity index (χ4n) is 3.00. The van der Waals surface area contributed by atoms with Gasteiger partial charge in [-0.2, -0.15) is 0 Å². The molecule has 120 valence electrons. The van der Waals surface area contributed by atoms with Crippen LogP contribution in [0.15, 0.2) is 40.9 Å². The quantitative estimate of drug-likeness (QED) is 0.459. The van der Waals surface area contributed by atoms with Crippen LogP contribution in [-0.2, 0) is 9.53 Å². The van der Waals surface area contributed by atoms with Crippen molar-refractivity contribution < 1.29 is 18.8 Å². The topological polar surface area (TPSA) is 81.4 Å². The number of ketones is 1. The number of aromatic nitrogens is 1. The van der Waals surface area contributed by atoms with Gasteiger partial charge in [0.15, 0.2) is 11.5 Å². The van der Waals surface area contributed by atoms with Gasteiger partial charge in [0.2, 0.25) is 0 Å². The number of carbonyl (C=O) groups is 2. The van der Waals surface area contributed by atoms with E-state index >= 15 is 0 Å². The number of ether oxygens (including phenoxy) is 1. The first-order valence-corrected chi connectivity index (χ1v) is 7.60. The molecule has 6 heteroatoms. The fourth-order valence-corrected chi connectivity index (χ4v) is 3.00. The van der Waals surface area contributed by atoms with E-state index in [9.17, 15) is 9.59 Å². The summed E-state index contributed by atoms with van der Waals surface area (Å²) in [5.41, 5.74) is 3.23. The minimum absolute atomic E-state index is 0.0677. The summed E-state index contributed by atoms with van der Waals surface area (Å²) in [6.45, 7) is 2.00. The van der Waals surface area contributed by atoms with Crippen LogP contribution in [0.2, 0.25) is 0 Å². The molecule has 1 aliphatic rings. The van der Waals surface area contributed by atoms with E-state index in [2.05, 4.69) is 10.5 Å². The zero-order valence-electron chi connectivity index (χ0n) is 13.0. The van der Waals surface area contributed by atoms with Gasteiger partial charge in [0.1, 0.15) is 12.1 Å². The minimum Gasteiger partial charge on any atom is -0.464 e. The van der Waals surface area contributed by atoms with Gasteiger partial charge in [0, 0.05) is 30.3 Å². The van der Waals surface area contributed by atoms with Gasteiger partial charge in [-0.3, -0.25) is 9.59 Å². The molecule has 1 aliphatic carbocycles. The van der Waals surface area contributed by atoms with Crippen molar-refractivity contribution in [3.8, 4) is 11.3 Å². The van der Waals surface area contributed by atoms with E-state index in [4.69, 9.17) is 9.26 Å². The molecule has 6 nitrogen and oxygen atoms in total. The van der Waals surface area contributed by atoms with E-state index in [0.717, 1.165) is 10.9 Å². The highest BCUT2D eigenvalue weighted by atomic mass is 16.5. The molecule has 0 saturated carbocycles. The number of hydrogen-bond donors (Lipinski definition) is 1. The summed E-state index contributed by atoms with van der Waals surface area (Å²) >= 11 is 0. The highest BCUT2D eigenvalue weighted by Gasteiger charge is 2.30. The van der Waals surface area contributed by atoms with E-state index in [1.54, 1.807) is 18.2 Å². The summed E-state index contributed by atoms with van der Waals surface area (Å²) in [5.74, 6) is 0.209. The maximum atomic E-state index is 13.0. The molecule has 4 rings (SSSR count). The van der Waals surface area contributed by atoms with Gasteiger partial charge in [-0.1, -0.05) is 29.4 Å². The van der Waals surface area contributed by atoms with Gasteiger partial charge in [-0.15, -0.1) is 0 Å². The van der Waals surface area contributed by atoms with Crippen LogP contribution in [0, 0.1) is 0 Å². The normalized spacial score (nSPS) is 12.1. The Morgan fingerprint density at radius 1 is 1.21 bits per heavy atom. The van der Waals surface area contributed by atoms with Crippen molar-refractivity contribution in [1.82, 2.24) is 5.16 Å². The summed E-state index contributed by atoms with van der Waals surface area (Å²) in [6, 6.07) is 10.9. The van der Waals surface area contributed by atoms with Crippen LogP contribution in [0.3, 0.4) is 0 Å². The Morgan fingerprint density at radius 2 is 2.00 bits per heavy atom. The van der Waals surface area contributed by atoms with E-state index in [-0.39, 0.29) is 18.4 Å². The van der Waals surface area contributed by atoms with Gasteiger partial charge < -0.3 is 14.6 Å². The van der Waals surface area contributed by atoms with Crippen molar-refractivity contribution in [2.45, 2.75) is 6.92 Å². The molecule has 1 N–H and O–H groups in total. The molecule has 0 saturated heterocycles. The Labute approximate surface area is 137 Å². The predicted molar refractivity (Wildman–Crippen MR) is 88.0 cm³/mol. The zero-order chi connectivity index (χ0) is 16.7. The molecule has 1 heterocycles. The number of fused-ring (bicyclic) bond motifs is 2. The SMILES string of the molecule is CC(=O)OCCNc1ccc2noc3c2c1C(=O)c1ccccc1-3. The number of nitrogens with zero attached hydrogens (tertiary/aromatic N) is 1. The first-order valence-electron chi connectivity index (χ1n) is 7.60. The van der Waals surface area contributed by atoms with Gasteiger partial charge in [-0.05, 0) is 12.1 Å². The first-order chi connectivity index (χ1) is 11.7. The Hall–Kier alpha value is -3.15. The largest absolute Gasteiger partial charge is 0.464 e. The van der Waals surface area contributed by atoms with Crippen LogP contribution in [0.5, 0.6) is 0 Å². The van der Waals surface area contributed by atoms with Crippen LogP contribution in [-0.4, -0.2) is 30.1 Å². The first kappa shape index (κ1) is 14.4. The third-order valence-electron chi connectivity index (χ3n) is 4.01. The van der Waals surface area contributed by atoms with Gasteiger partial charge in [-0.25, -0.2) is 0 Å². The van der Waals surface area contributed by atoms with Crippen LogP contribution in [0.1, 0.15) is 22.8 Å². The summed E-state index contributed by atoms with van der Waals surface area (Å²) in [4.78, 5) is 23.8. The van der Waals surface area contributed by atoms with Crippen molar-refractivity contribution in [3.63, 3.8) is 0 Å². The number of hydrogen-bond acceptors (Lipinski definition) is 6. The van der Waals surface area contributed by atoms with Gasteiger partial charge in [0.05, 0.1) is 10.9 Å². The Morgan fingerprint density at radius 3 is 2.79 bits per heavy atom. The lowest BCUT2D eigenvalue weighted by atomic mass is 9.87. The molecule has 2 aromatic carbocycles. The Kier molecular flexibility index (Phi) is 3.30. The number of rotatable bonds is 4. The lowest BCUT2D eigenvalue weighted by Gasteiger charge is -2.17. The zero-order valence-corrected chi connectivity index (χ0v) is 13.0. The average Bonchev–Trinajstić information content (AvgIpc) is 3.01. The standard InChI is InChI=1S/C18H14N2O4/c1-10(21)23-9-8-19-13-6-7-14-16-15(13)17(22)11-4-2-3-5-12(11)18(16)24-20-14/h2-7,19H,8-9H2,1H3. The molecule has 0 spiro atoms. The van der Waals surface area contributed by atoms with Crippen molar-refractivity contribution in [3.05, 3.63) is 47.5 Å². The predicted octanol–water partition coefficient (Wildman–Crippen LogP) is 3.01. The fraction of sp³-hybridized carbons (Fsp3) is 0.167. The second-order valence-electron chi connectivity index (χ2n) is 5.54. The van der Waals surface area contributed by atoms with Crippen molar-refractivity contribution >= 4 is 28.3 Å². The lowest BCUT2D eigenvalue weighted by Crippen LogP contribution is -2.16. The van der Waals surface area contributed by atoms with Gasteiger partial charge in [0.25, 0.3) is 0 Å². The Balaban J connectivity index is 1.79. The summed E-state index contributed by atoms with van der Waals surface area (Å²) in [7, 11) is 0. The number of esters is 1. The summed E-state index contributed by atoms with van der Waals surface area (Å²) < 4.78 is 10.4. The minimum atomic E-state index is -0.333. The molecule has 0 radical (unpaired) electrons. The molecule has 1 aromatic heterocycles. The van der Waals surface area contributed by atoms with Crippen molar-refractivity contribution in [2.24, 2.45) is 0 Å². The number of benzene rings is 2. The molecule has 24 heavy (non-hydrogen) atoms. The molecular formula is C18H14N2O4. The third-order valence-corrected chi connectivity index (χ3v) is 4.01. The molecule has 0 fully saturated rings. The average molecular weight is 322 g/mol. The molecule has 3 aromatic rings. The molecular weight excluding hydrogens is 308 g/mol. The summed E-state index contributed by atoms with van der Waals surface area (Å²) in [6.07, 6.45) is 0. The molecule has 0 atom stereocenters. The Bertz CT molecular complexity index is 974. The van der Waals surface area contributed by atoms with E-state index in [0.29, 0.717) is 34.6 Å². The molecule has 0 bridgehead atoms. The monoisotopic (exact) mass is 322 g/mol.